The van der Waals surface area contributed by atoms with Gasteiger partial charge in [0, 0.05) is 23.0 Å². The van der Waals surface area contributed by atoms with Gasteiger partial charge in [0.2, 0.25) is 0 Å². The first kappa shape index (κ1) is 15.4. The molecule has 2 aliphatic carbocycles. The lowest BCUT2D eigenvalue weighted by Crippen LogP contribution is -2.28. The van der Waals surface area contributed by atoms with E-state index in [1.54, 1.807) is 6.21 Å². The zero-order valence-corrected chi connectivity index (χ0v) is 14.6. The lowest BCUT2D eigenvalue weighted by atomic mass is 9.85. The van der Waals surface area contributed by atoms with Gasteiger partial charge in [-0.1, -0.05) is 12.2 Å². The predicted molar refractivity (Wildman–Crippen MR) is 91.5 cm³/mol. The lowest BCUT2D eigenvalue weighted by molar-refractivity contribution is -0.140. The van der Waals surface area contributed by atoms with Crippen LogP contribution in [-0.2, 0) is 9.59 Å². The number of allylic oxidation sites excluding steroid dienone is 2. The van der Waals surface area contributed by atoms with E-state index in [-0.39, 0.29) is 35.5 Å². The first-order valence-corrected chi connectivity index (χ1v) is 8.68. The van der Waals surface area contributed by atoms with Gasteiger partial charge < -0.3 is 4.57 Å². The van der Waals surface area contributed by atoms with Crippen LogP contribution in [0.4, 0.5) is 0 Å². The van der Waals surface area contributed by atoms with Crippen molar-refractivity contribution >= 4 is 18.0 Å². The summed E-state index contributed by atoms with van der Waals surface area (Å²) in [5.41, 5.74) is 3.22. The van der Waals surface area contributed by atoms with Crippen LogP contribution in [0.2, 0.25) is 0 Å². The molecule has 2 fully saturated rings. The summed E-state index contributed by atoms with van der Waals surface area (Å²) in [4.78, 5) is 25.3. The number of nitrogens with zero attached hydrogens (tertiary/aromatic N) is 3. The SMILES string of the molecule is Cc1cc(C=NN2C(=O)[C@@H]3[C@H](C2=O)[C@H]2C=C[C@H]3C2)c(C)n1C(C)C. The fourth-order valence-corrected chi connectivity index (χ4v) is 4.85. The molecule has 1 aromatic heterocycles. The Morgan fingerprint density at radius 2 is 1.71 bits per heavy atom. The summed E-state index contributed by atoms with van der Waals surface area (Å²) in [7, 11) is 0. The van der Waals surface area contributed by atoms with E-state index in [0.29, 0.717) is 6.04 Å². The molecule has 2 heterocycles. The molecular formula is C19H23N3O2. The van der Waals surface area contributed by atoms with Crippen LogP contribution in [0.5, 0.6) is 0 Å². The Balaban J connectivity index is 1.61. The third-order valence-electron chi connectivity index (χ3n) is 5.80. The summed E-state index contributed by atoms with van der Waals surface area (Å²) in [6.07, 6.45) is 6.80. The summed E-state index contributed by atoms with van der Waals surface area (Å²) < 4.78 is 2.23. The largest absolute Gasteiger partial charge is 0.346 e. The number of aryl methyl sites for hydroxylation is 1. The number of rotatable bonds is 3. The normalized spacial score (nSPS) is 31.3. The minimum atomic E-state index is -0.187. The number of carbonyl (C=O) groups is 2. The zero-order valence-electron chi connectivity index (χ0n) is 14.6. The Labute approximate surface area is 142 Å². The monoisotopic (exact) mass is 325 g/mol. The van der Waals surface area contributed by atoms with Crippen LogP contribution >= 0.6 is 0 Å². The van der Waals surface area contributed by atoms with Crippen molar-refractivity contribution in [3.8, 4) is 0 Å². The second kappa shape index (κ2) is 5.16. The van der Waals surface area contributed by atoms with Crippen molar-refractivity contribution in [2.45, 2.75) is 40.2 Å². The van der Waals surface area contributed by atoms with Crippen molar-refractivity contribution in [1.29, 1.82) is 0 Å². The molecule has 4 atom stereocenters. The fraction of sp³-hybridized carbons (Fsp3) is 0.526. The van der Waals surface area contributed by atoms with E-state index in [2.05, 4.69) is 48.7 Å². The van der Waals surface area contributed by atoms with Gasteiger partial charge in [-0.05, 0) is 52.0 Å². The van der Waals surface area contributed by atoms with Gasteiger partial charge in [0.1, 0.15) is 0 Å². The molecule has 2 amide bonds. The van der Waals surface area contributed by atoms with Crippen molar-refractivity contribution in [2.75, 3.05) is 0 Å². The van der Waals surface area contributed by atoms with E-state index in [4.69, 9.17) is 0 Å². The molecule has 0 N–H and O–H groups in total. The Morgan fingerprint density at radius 3 is 2.21 bits per heavy atom. The molecule has 4 rings (SSSR count). The predicted octanol–water partition coefficient (Wildman–Crippen LogP) is 2.83. The van der Waals surface area contributed by atoms with Gasteiger partial charge in [-0.3, -0.25) is 9.59 Å². The van der Waals surface area contributed by atoms with E-state index in [9.17, 15) is 9.59 Å². The van der Waals surface area contributed by atoms with E-state index in [1.807, 2.05) is 6.92 Å². The topological polar surface area (TPSA) is 54.7 Å². The number of fused-ring (bicyclic) bond motifs is 5. The van der Waals surface area contributed by atoms with Gasteiger partial charge >= 0.3 is 0 Å². The first-order valence-electron chi connectivity index (χ1n) is 8.68. The minimum Gasteiger partial charge on any atom is -0.346 e. The molecule has 1 saturated heterocycles. The maximum Gasteiger partial charge on any atom is 0.254 e. The summed E-state index contributed by atoms with van der Waals surface area (Å²) >= 11 is 0. The molecule has 5 heteroatoms. The van der Waals surface area contributed by atoms with Gasteiger partial charge in [-0.25, -0.2) is 0 Å². The number of hydrazone groups is 1. The maximum atomic E-state index is 12.6. The third kappa shape index (κ3) is 1.96. The van der Waals surface area contributed by atoms with Crippen molar-refractivity contribution in [1.82, 2.24) is 9.58 Å². The van der Waals surface area contributed by atoms with Crippen LogP contribution in [0.25, 0.3) is 0 Å². The van der Waals surface area contributed by atoms with E-state index >= 15 is 0 Å². The highest BCUT2D eigenvalue weighted by molar-refractivity contribution is 6.06. The van der Waals surface area contributed by atoms with Gasteiger partial charge in [0.25, 0.3) is 11.8 Å². The molecule has 0 aromatic carbocycles. The van der Waals surface area contributed by atoms with Gasteiger partial charge in [0.15, 0.2) is 0 Å². The van der Waals surface area contributed by atoms with E-state index in [1.165, 1.54) is 0 Å². The van der Waals surface area contributed by atoms with E-state index in [0.717, 1.165) is 28.4 Å². The Bertz CT molecular complexity index is 757. The number of amides is 2. The minimum absolute atomic E-state index is 0.129. The highest BCUT2D eigenvalue weighted by Gasteiger charge is 2.59. The van der Waals surface area contributed by atoms with Crippen molar-refractivity contribution in [3.05, 3.63) is 35.2 Å². The van der Waals surface area contributed by atoms with Gasteiger partial charge in [0.05, 0.1) is 18.1 Å². The number of hydrogen-bond donors (Lipinski definition) is 0. The number of imide groups is 1. The Hall–Kier alpha value is -2.17. The average molecular weight is 325 g/mol. The number of carbonyl (C=O) groups excluding carboxylic acids is 2. The molecule has 2 bridgehead atoms. The van der Waals surface area contributed by atoms with Crippen molar-refractivity contribution in [2.24, 2.45) is 28.8 Å². The second-order valence-electron chi connectivity index (χ2n) is 7.52. The van der Waals surface area contributed by atoms with Crippen LogP contribution in [0.15, 0.2) is 23.3 Å². The highest BCUT2D eigenvalue weighted by Crippen LogP contribution is 2.52. The molecule has 24 heavy (non-hydrogen) atoms. The van der Waals surface area contributed by atoms with Crippen LogP contribution < -0.4 is 0 Å². The third-order valence-corrected chi connectivity index (χ3v) is 5.80. The molecule has 1 aromatic rings. The average Bonchev–Trinajstić information content (AvgIpc) is 3.23. The van der Waals surface area contributed by atoms with Crippen molar-refractivity contribution in [3.63, 3.8) is 0 Å². The molecule has 3 aliphatic rings. The Kier molecular flexibility index (Phi) is 3.31. The van der Waals surface area contributed by atoms with E-state index < -0.39 is 0 Å². The summed E-state index contributed by atoms with van der Waals surface area (Å²) in [6, 6.07) is 2.42. The number of hydrogen-bond acceptors (Lipinski definition) is 3. The molecule has 1 aliphatic heterocycles. The standard InChI is InChI=1S/C19H23N3O2/c1-10(2)21-11(3)7-15(12(21)4)9-20-22-18(23)16-13-5-6-14(8-13)17(16)19(22)24/h5-7,9-10,13-14,16-17H,8H2,1-4H3/t13-,14-,16-,17+/m0/s1. The first-order chi connectivity index (χ1) is 11.4. The summed E-state index contributed by atoms with van der Waals surface area (Å²) in [5, 5.41) is 5.39. The van der Waals surface area contributed by atoms with Crippen LogP contribution in [0, 0.1) is 37.5 Å². The molecule has 0 spiro atoms. The van der Waals surface area contributed by atoms with Crippen LogP contribution in [0.3, 0.4) is 0 Å². The smallest absolute Gasteiger partial charge is 0.254 e. The molecule has 126 valence electrons. The highest BCUT2D eigenvalue weighted by atomic mass is 16.2. The molecule has 0 unspecified atom stereocenters. The zero-order chi connectivity index (χ0) is 17.2. The number of aromatic nitrogens is 1. The summed E-state index contributed by atoms with van der Waals surface area (Å²) in [5.74, 6) is -0.183. The molecule has 0 radical (unpaired) electrons. The van der Waals surface area contributed by atoms with Crippen LogP contribution in [0.1, 0.15) is 43.3 Å². The summed E-state index contributed by atoms with van der Waals surface area (Å²) in [6.45, 7) is 8.38. The molecule has 1 saturated carbocycles. The quantitative estimate of drug-likeness (QED) is 0.487. The van der Waals surface area contributed by atoms with Crippen molar-refractivity contribution < 1.29 is 9.59 Å². The van der Waals surface area contributed by atoms with Gasteiger partial charge in [-0.15, -0.1) is 0 Å². The van der Waals surface area contributed by atoms with Crippen LogP contribution in [-0.4, -0.2) is 27.6 Å². The molecule has 5 nitrogen and oxygen atoms in total. The Morgan fingerprint density at radius 1 is 1.12 bits per heavy atom. The second-order valence-corrected chi connectivity index (χ2v) is 7.52. The maximum absolute atomic E-state index is 12.6. The lowest BCUT2D eigenvalue weighted by Gasteiger charge is -2.13. The van der Waals surface area contributed by atoms with Gasteiger partial charge in [-0.2, -0.15) is 10.1 Å². The fourth-order valence-electron chi connectivity index (χ4n) is 4.85. The molecular weight excluding hydrogens is 302 g/mol.